The molecule has 2 aromatic heterocycles. The van der Waals surface area contributed by atoms with E-state index in [2.05, 4.69) is 30.8 Å². The number of pyridine rings is 1. The SMILES string of the molecule is CS(=O)(=O)c1ccc2ncnc(N3CCN(Cc4cccnc4)CC3)c2c1. The predicted molar refractivity (Wildman–Crippen MR) is 104 cm³/mol. The molecule has 3 heterocycles. The minimum Gasteiger partial charge on any atom is -0.353 e. The first-order valence-corrected chi connectivity index (χ1v) is 10.7. The Morgan fingerprint density at radius 3 is 2.59 bits per heavy atom. The summed E-state index contributed by atoms with van der Waals surface area (Å²) < 4.78 is 23.8. The van der Waals surface area contributed by atoms with E-state index in [0.29, 0.717) is 4.90 Å². The average Bonchev–Trinajstić information content (AvgIpc) is 2.68. The maximum absolute atomic E-state index is 11.9. The molecule has 0 radical (unpaired) electrons. The zero-order valence-corrected chi connectivity index (χ0v) is 15.9. The molecule has 1 aromatic carbocycles. The lowest BCUT2D eigenvalue weighted by atomic mass is 10.2. The summed E-state index contributed by atoms with van der Waals surface area (Å²) in [7, 11) is -3.27. The molecule has 4 rings (SSSR count). The van der Waals surface area contributed by atoms with Crippen LogP contribution in [-0.2, 0) is 16.4 Å². The van der Waals surface area contributed by atoms with E-state index in [-0.39, 0.29) is 0 Å². The maximum atomic E-state index is 11.9. The first-order valence-electron chi connectivity index (χ1n) is 8.82. The Hall–Kier alpha value is -2.58. The van der Waals surface area contributed by atoms with Gasteiger partial charge in [0, 0.05) is 56.8 Å². The van der Waals surface area contributed by atoms with Crippen molar-refractivity contribution in [3.05, 3.63) is 54.6 Å². The van der Waals surface area contributed by atoms with Gasteiger partial charge in [0.15, 0.2) is 9.84 Å². The molecule has 8 heteroatoms. The molecule has 0 atom stereocenters. The van der Waals surface area contributed by atoms with Crippen LogP contribution >= 0.6 is 0 Å². The van der Waals surface area contributed by atoms with Crippen molar-refractivity contribution in [2.24, 2.45) is 0 Å². The first-order chi connectivity index (χ1) is 13.0. The molecule has 140 valence electrons. The van der Waals surface area contributed by atoms with Crippen LogP contribution in [0.3, 0.4) is 0 Å². The monoisotopic (exact) mass is 383 g/mol. The topological polar surface area (TPSA) is 79.3 Å². The van der Waals surface area contributed by atoms with E-state index >= 15 is 0 Å². The molecule has 1 fully saturated rings. The number of sulfone groups is 1. The van der Waals surface area contributed by atoms with Gasteiger partial charge >= 0.3 is 0 Å². The first kappa shape index (κ1) is 17.8. The molecule has 27 heavy (non-hydrogen) atoms. The molecule has 3 aromatic rings. The van der Waals surface area contributed by atoms with Gasteiger partial charge in [-0.2, -0.15) is 0 Å². The Morgan fingerprint density at radius 2 is 1.89 bits per heavy atom. The number of hydrogen-bond acceptors (Lipinski definition) is 7. The van der Waals surface area contributed by atoms with Gasteiger partial charge < -0.3 is 4.90 Å². The predicted octanol–water partition coefficient (Wildman–Crippen LogP) is 1.75. The summed E-state index contributed by atoms with van der Waals surface area (Å²) in [6, 6.07) is 9.07. The van der Waals surface area contributed by atoms with E-state index in [9.17, 15) is 8.42 Å². The van der Waals surface area contributed by atoms with Gasteiger partial charge in [-0.05, 0) is 29.8 Å². The van der Waals surface area contributed by atoms with E-state index in [0.717, 1.165) is 49.4 Å². The summed E-state index contributed by atoms with van der Waals surface area (Å²) in [4.78, 5) is 17.8. The van der Waals surface area contributed by atoms with Crippen LogP contribution in [0.25, 0.3) is 10.9 Å². The number of aromatic nitrogens is 3. The zero-order valence-electron chi connectivity index (χ0n) is 15.1. The summed E-state index contributed by atoms with van der Waals surface area (Å²) in [6.07, 6.45) is 6.44. The highest BCUT2D eigenvalue weighted by Crippen LogP contribution is 2.26. The Bertz CT molecular complexity index is 1050. The fraction of sp³-hybridized carbons (Fsp3) is 0.316. The van der Waals surface area contributed by atoms with Crippen LogP contribution in [0.5, 0.6) is 0 Å². The van der Waals surface area contributed by atoms with Gasteiger partial charge in [0.25, 0.3) is 0 Å². The summed E-state index contributed by atoms with van der Waals surface area (Å²) in [6.45, 7) is 4.35. The molecule has 1 aliphatic heterocycles. The fourth-order valence-electron chi connectivity index (χ4n) is 3.37. The minimum atomic E-state index is -3.27. The highest BCUT2D eigenvalue weighted by molar-refractivity contribution is 7.90. The normalized spacial score (nSPS) is 16.0. The van der Waals surface area contributed by atoms with Crippen molar-refractivity contribution in [2.45, 2.75) is 11.4 Å². The number of benzene rings is 1. The van der Waals surface area contributed by atoms with Crippen LogP contribution in [0.1, 0.15) is 5.56 Å². The Morgan fingerprint density at radius 1 is 1.07 bits per heavy atom. The van der Waals surface area contributed by atoms with E-state index in [1.165, 1.54) is 11.8 Å². The number of hydrogen-bond donors (Lipinski definition) is 0. The third-order valence-electron chi connectivity index (χ3n) is 4.81. The summed E-state index contributed by atoms with van der Waals surface area (Å²) in [5.41, 5.74) is 1.96. The smallest absolute Gasteiger partial charge is 0.175 e. The van der Waals surface area contributed by atoms with Crippen LogP contribution < -0.4 is 4.90 Å². The highest BCUT2D eigenvalue weighted by Gasteiger charge is 2.21. The van der Waals surface area contributed by atoms with Crippen molar-refractivity contribution in [1.29, 1.82) is 0 Å². The number of nitrogens with zero attached hydrogens (tertiary/aromatic N) is 5. The summed E-state index contributed by atoms with van der Waals surface area (Å²) in [5, 5.41) is 0.779. The van der Waals surface area contributed by atoms with Crippen LogP contribution in [0.2, 0.25) is 0 Å². The summed E-state index contributed by atoms with van der Waals surface area (Å²) >= 11 is 0. The van der Waals surface area contributed by atoms with Crippen LogP contribution in [0, 0.1) is 0 Å². The molecule has 0 bridgehead atoms. The molecule has 0 unspecified atom stereocenters. The van der Waals surface area contributed by atoms with E-state index in [1.54, 1.807) is 30.7 Å². The largest absolute Gasteiger partial charge is 0.353 e. The van der Waals surface area contributed by atoms with E-state index < -0.39 is 9.84 Å². The number of rotatable bonds is 4. The lowest BCUT2D eigenvalue weighted by Gasteiger charge is -2.35. The number of fused-ring (bicyclic) bond motifs is 1. The van der Waals surface area contributed by atoms with Gasteiger partial charge in [0.05, 0.1) is 10.4 Å². The van der Waals surface area contributed by atoms with Crippen molar-refractivity contribution in [3.8, 4) is 0 Å². The fourth-order valence-corrected chi connectivity index (χ4v) is 4.02. The number of piperazine rings is 1. The van der Waals surface area contributed by atoms with Gasteiger partial charge in [0.2, 0.25) is 0 Å². The Balaban J connectivity index is 1.55. The van der Waals surface area contributed by atoms with Crippen molar-refractivity contribution in [2.75, 3.05) is 37.3 Å². The highest BCUT2D eigenvalue weighted by atomic mass is 32.2. The molecule has 0 N–H and O–H groups in total. The van der Waals surface area contributed by atoms with Crippen molar-refractivity contribution in [1.82, 2.24) is 19.9 Å². The molecule has 0 aliphatic carbocycles. The van der Waals surface area contributed by atoms with Crippen LogP contribution in [0.4, 0.5) is 5.82 Å². The quantitative estimate of drug-likeness (QED) is 0.679. The minimum absolute atomic E-state index is 0.293. The average molecular weight is 383 g/mol. The third-order valence-corrected chi connectivity index (χ3v) is 5.92. The molecule has 1 aliphatic rings. The Kier molecular flexibility index (Phi) is 4.75. The molecular formula is C19H21N5O2S. The van der Waals surface area contributed by atoms with Crippen LogP contribution in [0.15, 0.2) is 53.9 Å². The second-order valence-electron chi connectivity index (χ2n) is 6.77. The molecular weight excluding hydrogens is 362 g/mol. The van der Waals surface area contributed by atoms with Gasteiger partial charge in [-0.15, -0.1) is 0 Å². The van der Waals surface area contributed by atoms with Crippen LogP contribution in [-0.4, -0.2) is 60.7 Å². The standard InChI is InChI=1S/C19H21N5O2S/c1-27(25,26)16-4-5-18-17(11-16)19(22-14-21-18)24-9-7-23(8-10-24)13-15-3-2-6-20-12-15/h2-6,11-12,14H,7-10,13H2,1H3. The van der Waals surface area contributed by atoms with Gasteiger partial charge in [-0.3, -0.25) is 9.88 Å². The van der Waals surface area contributed by atoms with Gasteiger partial charge in [-0.25, -0.2) is 18.4 Å². The van der Waals surface area contributed by atoms with Crippen molar-refractivity contribution >= 4 is 26.6 Å². The van der Waals surface area contributed by atoms with E-state index in [4.69, 9.17) is 0 Å². The lowest BCUT2D eigenvalue weighted by molar-refractivity contribution is 0.249. The summed E-state index contributed by atoms with van der Waals surface area (Å²) in [5.74, 6) is 0.798. The van der Waals surface area contributed by atoms with Gasteiger partial charge in [-0.1, -0.05) is 6.07 Å². The molecule has 7 nitrogen and oxygen atoms in total. The molecule has 1 saturated heterocycles. The van der Waals surface area contributed by atoms with Crippen molar-refractivity contribution < 1.29 is 8.42 Å². The second kappa shape index (κ2) is 7.21. The molecule has 0 amide bonds. The molecule has 0 spiro atoms. The number of anilines is 1. The van der Waals surface area contributed by atoms with E-state index in [1.807, 2.05) is 12.3 Å². The Labute approximate surface area is 158 Å². The van der Waals surface area contributed by atoms with Gasteiger partial charge in [0.1, 0.15) is 12.1 Å². The molecule has 0 saturated carbocycles. The maximum Gasteiger partial charge on any atom is 0.175 e. The van der Waals surface area contributed by atoms with Crippen molar-refractivity contribution in [3.63, 3.8) is 0 Å². The zero-order chi connectivity index (χ0) is 18.9. The second-order valence-corrected chi connectivity index (χ2v) is 8.79. The lowest BCUT2D eigenvalue weighted by Crippen LogP contribution is -2.46. The third kappa shape index (κ3) is 3.91.